The number of carbonyl (C=O) groups is 2. The fourth-order valence-corrected chi connectivity index (χ4v) is 5.73. The SMILES string of the molecule is CCOC(=O)[C@@H]1CCCN(C(=O)[C@H]2Cc3cc([N+](=O)[O-])ccc3N3CCN(c4cnccn4)C[C@H]23)C1. The summed E-state index contributed by atoms with van der Waals surface area (Å²) in [5.41, 5.74) is 1.78. The second kappa shape index (κ2) is 10.1. The van der Waals surface area contributed by atoms with E-state index in [2.05, 4.69) is 19.8 Å². The number of non-ortho nitro benzene ring substituents is 1. The summed E-state index contributed by atoms with van der Waals surface area (Å²) in [6.07, 6.45) is 6.87. The normalized spacial score (nSPS) is 23.5. The van der Waals surface area contributed by atoms with Crippen LogP contribution < -0.4 is 9.80 Å². The third-order valence-electron chi connectivity index (χ3n) is 7.45. The molecule has 11 heteroatoms. The number of likely N-dealkylation sites (tertiary alicyclic amines) is 1. The number of nitro benzene ring substituents is 1. The zero-order chi connectivity index (χ0) is 25.2. The quantitative estimate of drug-likeness (QED) is 0.349. The fourth-order valence-electron chi connectivity index (χ4n) is 5.73. The van der Waals surface area contributed by atoms with Gasteiger partial charge in [0.2, 0.25) is 5.91 Å². The highest BCUT2D eigenvalue weighted by Crippen LogP contribution is 2.39. The Morgan fingerprint density at radius 1 is 1.19 bits per heavy atom. The molecule has 0 unspecified atom stereocenters. The first kappa shape index (κ1) is 24.0. The summed E-state index contributed by atoms with van der Waals surface area (Å²) in [5.74, 6) is -0.235. The number of piperazine rings is 1. The molecule has 2 aromatic rings. The van der Waals surface area contributed by atoms with Crippen LogP contribution >= 0.6 is 0 Å². The van der Waals surface area contributed by atoms with Crippen LogP contribution in [0.3, 0.4) is 0 Å². The lowest BCUT2D eigenvalue weighted by molar-refractivity contribution is -0.384. The maximum absolute atomic E-state index is 14.0. The van der Waals surface area contributed by atoms with Crippen molar-refractivity contribution in [2.75, 3.05) is 49.1 Å². The Kier molecular flexibility index (Phi) is 6.71. The Labute approximate surface area is 209 Å². The van der Waals surface area contributed by atoms with Gasteiger partial charge in [0, 0.05) is 62.9 Å². The van der Waals surface area contributed by atoms with Crippen LogP contribution in [-0.4, -0.2) is 77.0 Å². The molecule has 0 aliphatic carbocycles. The van der Waals surface area contributed by atoms with Gasteiger partial charge < -0.3 is 19.4 Å². The molecule has 0 N–H and O–H groups in total. The van der Waals surface area contributed by atoms with Crippen LogP contribution in [0.2, 0.25) is 0 Å². The van der Waals surface area contributed by atoms with Gasteiger partial charge in [-0.25, -0.2) is 4.98 Å². The van der Waals surface area contributed by atoms with Gasteiger partial charge in [0.1, 0.15) is 5.82 Å². The number of anilines is 2. The van der Waals surface area contributed by atoms with Crippen LogP contribution in [0.25, 0.3) is 0 Å². The van der Waals surface area contributed by atoms with Crippen LogP contribution in [0.15, 0.2) is 36.8 Å². The Morgan fingerprint density at radius 3 is 2.81 bits per heavy atom. The maximum atomic E-state index is 14.0. The molecule has 11 nitrogen and oxygen atoms in total. The average Bonchev–Trinajstić information content (AvgIpc) is 2.92. The van der Waals surface area contributed by atoms with Crippen LogP contribution in [0, 0.1) is 22.0 Å². The molecule has 3 aliphatic heterocycles. The molecule has 3 atom stereocenters. The van der Waals surface area contributed by atoms with Crippen molar-refractivity contribution in [2.24, 2.45) is 11.8 Å². The Balaban J connectivity index is 1.44. The number of fused-ring (bicyclic) bond motifs is 3. The van der Waals surface area contributed by atoms with E-state index in [0.29, 0.717) is 52.2 Å². The fraction of sp³-hybridized carbons (Fsp3) is 0.520. The van der Waals surface area contributed by atoms with Crippen molar-refractivity contribution in [1.29, 1.82) is 0 Å². The van der Waals surface area contributed by atoms with Gasteiger partial charge in [-0.2, -0.15) is 0 Å². The molecule has 0 radical (unpaired) electrons. The second-order valence-electron chi connectivity index (χ2n) is 9.53. The lowest BCUT2D eigenvalue weighted by atomic mass is 9.82. The van der Waals surface area contributed by atoms with Crippen molar-refractivity contribution in [3.05, 3.63) is 52.5 Å². The first-order valence-corrected chi connectivity index (χ1v) is 12.5. The predicted octanol–water partition coefficient (Wildman–Crippen LogP) is 2.05. The van der Waals surface area contributed by atoms with Crippen molar-refractivity contribution in [3.8, 4) is 0 Å². The molecular weight excluding hydrogens is 464 g/mol. The van der Waals surface area contributed by atoms with Gasteiger partial charge in [0.05, 0.1) is 35.6 Å². The zero-order valence-corrected chi connectivity index (χ0v) is 20.3. The van der Waals surface area contributed by atoms with Crippen molar-refractivity contribution < 1.29 is 19.2 Å². The number of rotatable bonds is 5. The Bertz CT molecular complexity index is 1150. The predicted molar refractivity (Wildman–Crippen MR) is 132 cm³/mol. The molecular formula is C25H30N6O5. The standard InChI is InChI=1S/C25H30N6O5/c1-2-36-25(33)17-4-3-9-29(15-17)24(32)20-13-18-12-19(31(34)35)5-6-21(18)30-11-10-28(16-22(20)30)23-14-26-7-8-27-23/h5-8,12,14,17,20,22H,2-4,9-11,13,15-16H2,1H3/t17-,20+,22-/m1/s1. The van der Waals surface area contributed by atoms with E-state index in [1.165, 1.54) is 6.07 Å². The minimum atomic E-state index is -0.403. The van der Waals surface area contributed by atoms with Gasteiger partial charge in [-0.1, -0.05) is 0 Å². The molecule has 190 valence electrons. The molecule has 2 fully saturated rings. The molecule has 0 saturated carbocycles. The number of nitro groups is 1. The van der Waals surface area contributed by atoms with Crippen LogP contribution in [-0.2, 0) is 20.7 Å². The summed E-state index contributed by atoms with van der Waals surface area (Å²) in [7, 11) is 0. The van der Waals surface area contributed by atoms with Crippen LogP contribution in [0.5, 0.6) is 0 Å². The molecule has 1 aromatic carbocycles. The summed E-state index contributed by atoms with van der Waals surface area (Å²) in [6.45, 7) is 4.97. The highest BCUT2D eigenvalue weighted by atomic mass is 16.6. The first-order chi connectivity index (χ1) is 17.5. The number of ether oxygens (including phenoxy) is 1. The number of hydrogen-bond donors (Lipinski definition) is 0. The van der Waals surface area contributed by atoms with E-state index in [9.17, 15) is 19.7 Å². The Hall–Kier alpha value is -3.76. The lowest BCUT2D eigenvalue weighted by Gasteiger charge is -2.50. The largest absolute Gasteiger partial charge is 0.466 e. The maximum Gasteiger partial charge on any atom is 0.310 e. The van der Waals surface area contributed by atoms with E-state index in [0.717, 1.165) is 23.5 Å². The topological polar surface area (TPSA) is 122 Å². The van der Waals surface area contributed by atoms with Crippen molar-refractivity contribution >= 4 is 29.1 Å². The van der Waals surface area contributed by atoms with E-state index in [-0.39, 0.29) is 29.5 Å². The molecule has 3 aliphatic rings. The highest BCUT2D eigenvalue weighted by molar-refractivity contribution is 5.84. The van der Waals surface area contributed by atoms with Gasteiger partial charge in [0.25, 0.3) is 5.69 Å². The molecule has 0 bridgehead atoms. The molecule has 0 spiro atoms. The Morgan fingerprint density at radius 2 is 2.06 bits per heavy atom. The monoisotopic (exact) mass is 494 g/mol. The van der Waals surface area contributed by atoms with Gasteiger partial charge in [-0.3, -0.25) is 24.7 Å². The number of carbonyl (C=O) groups excluding carboxylic acids is 2. The van der Waals surface area contributed by atoms with E-state index in [4.69, 9.17) is 4.74 Å². The number of aromatic nitrogens is 2. The van der Waals surface area contributed by atoms with E-state index in [1.807, 2.05) is 0 Å². The number of nitrogens with zero attached hydrogens (tertiary/aromatic N) is 6. The van der Waals surface area contributed by atoms with E-state index >= 15 is 0 Å². The van der Waals surface area contributed by atoms with Crippen LogP contribution in [0.4, 0.5) is 17.2 Å². The number of esters is 1. The van der Waals surface area contributed by atoms with Crippen LogP contribution in [0.1, 0.15) is 25.3 Å². The summed E-state index contributed by atoms with van der Waals surface area (Å²) in [6, 6.07) is 4.79. The summed E-state index contributed by atoms with van der Waals surface area (Å²) in [5, 5.41) is 11.4. The summed E-state index contributed by atoms with van der Waals surface area (Å²) < 4.78 is 5.22. The van der Waals surface area contributed by atoms with E-state index < -0.39 is 10.8 Å². The smallest absolute Gasteiger partial charge is 0.310 e. The van der Waals surface area contributed by atoms with Gasteiger partial charge in [0.15, 0.2) is 0 Å². The van der Waals surface area contributed by atoms with Crippen molar-refractivity contribution in [1.82, 2.24) is 14.9 Å². The number of amides is 1. The van der Waals surface area contributed by atoms with Gasteiger partial charge in [-0.05, 0) is 37.8 Å². The third-order valence-corrected chi connectivity index (χ3v) is 7.45. The zero-order valence-electron chi connectivity index (χ0n) is 20.3. The molecule has 1 amide bonds. The van der Waals surface area contributed by atoms with Crippen molar-refractivity contribution in [2.45, 2.75) is 32.2 Å². The molecule has 5 rings (SSSR count). The number of benzene rings is 1. The molecule has 1 aromatic heterocycles. The van der Waals surface area contributed by atoms with Crippen molar-refractivity contribution in [3.63, 3.8) is 0 Å². The highest BCUT2D eigenvalue weighted by Gasteiger charge is 2.44. The first-order valence-electron chi connectivity index (χ1n) is 12.5. The third kappa shape index (κ3) is 4.57. The number of hydrogen-bond acceptors (Lipinski definition) is 9. The average molecular weight is 495 g/mol. The lowest BCUT2D eigenvalue weighted by Crippen LogP contribution is -2.62. The number of piperidine rings is 1. The molecule has 4 heterocycles. The van der Waals surface area contributed by atoms with Gasteiger partial charge in [-0.15, -0.1) is 0 Å². The van der Waals surface area contributed by atoms with Gasteiger partial charge >= 0.3 is 5.97 Å². The molecule has 2 saturated heterocycles. The summed E-state index contributed by atoms with van der Waals surface area (Å²) in [4.78, 5) is 52.2. The van der Waals surface area contributed by atoms with E-state index in [1.54, 1.807) is 42.5 Å². The second-order valence-corrected chi connectivity index (χ2v) is 9.53. The summed E-state index contributed by atoms with van der Waals surface area (Å²) >= 11 is 0. The minimum Gasteiger partial charge on any atom is -0.466 e. The minimum absolute atomic E-state index is 0.0165. The molecule has 36 heavy (non-hydrogen) atoms.